The minimum atomic E-state index is 1.14. The number of nitrogens with zero attached hydrogens (tertiary/aromatic N) is 2. The molecule has 0 spiro atoms. The zero-order chi connectivity index (χ0) is 32.9. The Balaban J connectivity index is 1.46. The van der Waals surface area contributed by atoms with Crippen LogP contribution >= 0.6 is 11.3 Å². The van der Waals surface area contributed by atoms with Crippen molar-refractivity contribution in [3.05, 3.63) is 181 Å². The van der Waals surface area contributed by atoms with Crippen LogP contribution in [-0.2, 0) is 0 Å². The Bertz CT molecular complexity index is 2460. The van der Waals surface area contributed by atoms with Crippen LogP contribution in [0.2, 0.25) is 0 Å². The molecule has 0 unspecified atom stereocenters. The molecular formula is C46H34N2S. The highest BCUT2D eigenvalue weighted by Gasteiger charge is 2.25. The van der Waals surface area contributed by atoms with Crippen LogP contribution in [0.25, 0.3) is 41.7 Å². The molecule has 0 aliphatic rings. The Labute approximate surface area is 290 Å². The number of aryl methyl sites for hydroxylation is 2. The second kappa shape index (κ2) is 12.0. The maximum Gasteiger partial charge on any atom is 0.0646 e. The predicted molar refractivity (Wildman–Crippen MR) is 213 cm³/mol. The molecule has 1 aromatic heterocycles. The van der Waals surface area contributed by atoms with Gasteiger partial charge in [0.15, 0.2) is 0 Å². The molecule has 234 valence electrons. The molecule has 9 rings (SSSR count). The molecule has 2 nitrogen and oxygen atoms in total. The first-order chi connectivity index (χ1) is 24.1. The summed E-state index contributed by atoms with van der Waals surface area (Å²) < 4.78 is 2.54. The van der Waals surface area contributed by atoms with Gasteiger partial charge in [0.1, 0.15) is 0 Å². The van der Waals surface area contributed by atoms with Crippen molar-refractivity contribution in [2.45, 2.75) is 13.8 Å². The molecule has 9 aromatic rings. The molecule has 0 N–H and O–H groups in total. The minimum Gasteiger partial charge on any atom is -0.309 e. The number of benzene rings is 8. The summed E-state index contributed by atoms with van der Waals surface area (Å²) in [5, 5.41) is 7.61. The standard InChI is InChI=1S/C46H34N2S/c1-31-15-13-23-37(27-31)47(35-19-5-3-6-20-35)41-29-33-17-9-11-25-39(33)43-44-40-26-12-10-18-34(40)30-42(46(44)49-45(41)43)48(36-21-7-4-8-22-36)38-24-14-16-32(2)28-38/h3-30H,1-2H3. The van der Waals surface area contributed by atoms with E-state index in [9.17, 15) is 0 Å². The summed E-state index contributed by atoms with van der Waals surface area (Å²) in [6, 6.07) is 61.8. The van der Waals surface area contributed by atoms with Crippen LogP contribution < -0.4 is 9.80 Å². The third-order valence-corrected chi connectivity index (χ3v) is 10.7. The number of hydrogen-bond donors (Lipinski definition) is 0. The summed E-state index contributed by atoms with van der Waals surface area (Å²) in [6.07, 6.45) is 0. The molecule has 0 radical (unpaired) electrons. The lowest BCUT2D eigenvalue weighted by molar-refractivity contribution is 1.29. The summed E-state index contributed by atoms with van der Waals surface area (Å²) in [7, 11) is 0. The summed E-state index contributed by atoms with van der Waals surface area (Å²) >= 11 is 1.90. The average molecular weight is 647 g/mol. The Morgan fingerprint density at radius 2 is 0.755 bits per heavy atom. The van der Waals surface area contributed by atoms with E-state index >= 15 is 0 Å². The maximum absolute atomic E-state index is 2.44. The van der Waals surface area contributed by atoms with Crippen LogP contribution in [-0.4, -0.2) is 0 Å². The Hall–Kier alpha value is -5.90. The van der Waals surface area contributed by atoms with Gasteiger partial charge in [0.25, 0.3) is 0 Å². The zero-order valence-electron chi connectivity index (χ0n) is 27.5. The van der Waals surface area contributed by atoms with Crippen molar-refractivity contribution >= 4 is 87.2 Å². The van der Waals surface area contributed by atoms with E-state index in [1.807, 2.05) is 11.3 Å². The van der Waals surface area contributed by atoms with Gasteiger partial charge in [0.2, 0.25) is 0 Å². The van der Waals surface area contributed by atoms with Gasteiger partial charge in [-0.3, -0.25) is 0 Å². The minimum absolute atomic E-state index is 1.14. The third kappa shape index (κ3) is 5.02. The molecule has 8 aromatic carbocycles. The predicted octanol–water partition coefficient (Wildman–Crippen LogP) is 13.9. The van der Waals surface area contributed by atoms with E-state index in [1.165, 1.54) is 64.2 Å². The van der Waals surface area contributed by atoms with Crippen molar-refractivity contribution in [2.75, 3.05) is 9.80 Å². The second-order valence-corrected chi connectivity index (χ2v) is 13.8. The van der Waals surface area contributed by atoms with Crippen molar-refractivity contribution < 1.29 is 0 Å². The molecule has 0 atom stereocenters. The summed E-state index contributed by atoms with van der Waals surface area (Å²) in [4.78, 5) is 4.88. The van der Waals surface area contributed by atoms with Gasteiger partial charge in [0.05, 0.1) is 20.8 Å². The lowest BCUT2D eigenvalue weighted by Crippen LogP contribution is -2.10. The third-order valence-electron chi connectivity index (χ3n) is 9.45. The van der Waals surface area contributed by atoms with E-state index in [0.717, 1.165) is 22.7 Å². The molecule has 3 heteroatoms. The average Bonchev–Trinajstić information content (AvgIpc) is 3.55. The quantitative estimate of drug-likeness (QED) is 0.177. The Morgan fingerprint density at radius 1 is 0.367 bits per heavy atom. The van der Waals surface area contributed by atoms with E-state index < -0.39 is 0 Å². The second-order valence-electron chi connectivity index (χ2n) is 12.8. The normalized spacial score (nSPS) is 11.5. The van der Waals surface area contributed by atoms with Crippen LogP contribution in [0.3, 0.4) is 0 Å². The topological polar surface area (TPSA) is 6.48 Å². The molecule has 0 saturated heterocycles. The highest BCUT2D eigenvalue weighted by Crippen LogP contribution is 2.53. The largest absolute Gasteiger partial charge is 0.309 e. The van der Waals surface area contributed by atoms with Gasteiger partial charge in [-0.1, -0.05) is 109 Å². The van der Waals surface area contributed by atoms with E-state index in [4.69, 9.17) is 0 Å². The Morgan fingerprint density at radius 3 is 1.18 bits per heavy atom. The molecule has 49 heavy (non-hydrogen) atoms. The molecule has 0 aliphatic heterocycles. The van der Waals surface area contributed by atoms with Gasteiger partial charge in [-0.05, 0) is 107 Å². The van der Waals surface area contributed by atoms with Crippen LogP contribution in [0, 0.1) is 13.8 Å². The monoisotopic (exact) mass is 646 g/mol. The van der Waals surface area contributed by atoms with E-state index in [-0.39, 0.29) is 0 Å². The van der Waals surface area contributed by atoms with Crippen molar-refractivity contribution in [1.29, 1.82) is 0 Å². The number of hydrogen-bond acceptors (Lipinski definition) is 3. The molecule has 0 bridgehead atoms. The fourth-order valence-electron chi connectivity index (χ4n) is 7.31. The smallest absolute Gasteiger partial charge is 0.0646 e. The van der Waals surface area contributed by atoms with E-state index in [1.54, 1.807) is 0 Å². The lowest BCUT2D eigenvalue weighted by atomic mass is 9.97. The van der Waals surface area contributed by atoms with Crippen LogP contribution in [0.15, 0.2) is 170 Å². The maximum atomic E-state index is 2.44. The van der Waals surface area contributed by atoms with Crippen molar-refractivity contribution in [3.63, 3.8) is 0 Å². The molecule has 0 saturated carbocycles. The number of anilines is 6. The van der Waals surface area contributed by atoms with Crippen LogP contribution in [0.1, 0.15) is 11.1 Å². The zero-order valence-corrected chi connectivity index (χ0v) is 28.3. The Kier molecular flexibility index (Phi) is 7.14. The SMILES string of the molecule is Cc1cccc(N(c2ccccc2)c2cc3ccccc3c3c2sc2c(N(c4ccccc4)c4cccc(C)c4)cc4ccccc4c23)c1. The molecule has 0 amide bonds. The molecule has 0 fully saturated rings. The van der Waals surface area contributed by atoms with Crippen molar-refractivity contribution in [3.8, 4) is 0 Å². The number of fused-ring (bicyclic) bond motifs is 7. The molecular weight excluding hydrogens is 613 g/mol. The van der Waals surface area contributed by atoms with Gasteiger partial charge in [-0.2, -0.15) is 0 Å². The van der Waals surface area contributed by atoms with Crippen molar-refractivity contribution in [2.24, 2.45) is 0 Å². The van der Waals surface area contributed by atoms with E-state index in [0.29, 0.717) is 0 Å². The van der Waals surface area contributed by atoms with Crippen LogP contribution in [0.5, 0.6) is 0 Å². The fourth-order valence-corrected chi connectivity index (χ4v) is 8.65. The van der Waals surface area contributed by atoms with Gasteiger partial charge in [-0.15, -0.1) is 11.3 Å². The molecule has 0 aliphatic carbocycles. The molecule has 1 heterocycles. The summed E-state index contributed by atoms with van der Waals surface area (Å²) in [6.45, 7) is 4.34. The van der Waals surface area contributed by atoms with Gasteiger partial charge < -0.3 is 9.80 Å². The highest BCUT2D eigenvalue weighted by molar-refractivity contribution is 7.27. The number of thiophene rings is 1. The van der Waals surface area contributed by atoms with Crippen molar-refractivity contribution in [1.82, 2.24) is 0 Å². The van der Waals surface area contributed by atoms with Gasteiger partial charge in [0, 0.05) is 33.5 Å². The van der Waals surface area contributed by atoms with Crippen LogP contribution in [0.4, 0.5) is 34.1 Å². The van der Waals surface area contributed by atoms with Gasteiger partial charge >= 0.3 is 0 Å². The first-order valence-electron chi connectivity index (χ1n) is 16.8. The number of rotatable bonds is 6. The summed E-state index contributed by atoms with van der Waals surface area (Å²) in [5.41, 5.74) is 9.41. The first-order valence-corrected chi connectivity index (χ1v) is 17.6. The van der Waals surface area contributed by atoms with E-state index in [2.05, 4.69) is 194 Å². The van der Waals surface area contributed by atoms with Gasteiger partial charge in [-0.25, -0.2) is 0 Å². The summed E-state index contributed by atoms with van der Waals surface area (Å²) in [5.74, 6) is 0. The highest BCUT2D eigenvalue weighted by atomic mass is 32.1. The first kappa shape index (κ1) is 29.3. The lowest BCUT2D eigenvalue weighted by Gasteiger charge is -2.27. The fraction of sp³-hybridized carbons (Fsp3) is 0.0435. The number of para-hydroxylation sites is 2.